The highest BCUT2D eigenvalue weighted by Crippen LogP contribution is 2.29. The summed E-state index contributed by atoms with van der Waals surface area (Å²) in [4.78, 5) is 0. The van der Waals surface area contributed by atoms with Crippen molar-refractivity contribution in [3.8, 4) is 0 Å². The molecule has 1 aromatic rings. The Balaban J connectivity index is 2.08. The van der Waals surface area contributed by atoms with Gasteiger partial charge in [0.2, 0.25) is 0 Å². The topological polar surface area (TPSA) is 108 Å². The van der Waals surface area contributed by atoms with Crippen LogP contribution in [0.5, 0.6) is 0 Å². The summed E-state index contributed by atoms with van der Waals surface area (Å²) in [6.07, 6.45) is -7.61. The second kappa shape index (κ2) is 6.10. The summed E-state index contributed by atoms with van der Waals surface area (Å²) in [6.45, 7) is -0.588. The summed E-state index contributed by atoms with van der Waals surface area (Å²) in [5.41, 5.74) is -0.986. The van der Waals surface area contributed by atoms with E-state index in [9.17, 15) is 23.4 Å². The summed E-state index contributed by atoms with van der Waals surface area (Å²) in [6, 6.07) is -0.134. The van der Waals surface area contributed by atoms with Gasteiger partial charge in [-0.1, -0.05) is 0 Å². The molecule has 1 saturated heterocycles. The molecule has 2 rings (SSSR count). The number of aromatic nitrogens is 2. The molecule has 21 heavy (non-hydrogen) atoms. The van der Waals surface area contributed by atoms with Crippen molar-refractivity contribution in [1.82, 2.24) is 10.2 Å². The maximum absolute atomic E-state index is 12.5. The van der Waals surface area contributed by atoms with E-state index in [-0.39, 0.29) is 12.4 Å². The third-order valence-corrected chi connectivity index (χ3v) is 3.13. The molecule has 4 atom stereocenters. The van der Waals surface area contributed by atoms with E-state index in [1.54, 1.807) is 0 Å². The molecule has 0 spiro atoms. The summed E-state index contributed by atoms with van der Waals surface area (Å²) < 4.78 is 42.7. The smallest absolute Gasteiger partial charge is 0.394 e. The van der Waals surface area contributed by atoms with E-state index < -0.39 is 42.7 Å². The first-order valence-electron chi connectivity index (χ1n) is 6.08. The number of halogens is 3. The summed E-state index contributed by atoms with van der Waals surface area (Å²) in [5, 5.41) is 37.7. The van der Waals surface area contributed by atoms with Gasteiger partial charge in [-0.3, -0.25) is 0 Å². The molecule has 1 aliphatic rings. The fourth-order valence-corrected chi connectivity index (χ4v) is 1.95. The zero-order valence-corrected chi connectivity index (χ0v) is 10.7. The molecule has 2 heterocycles. The average Bonchev–Trinajstić information content (AvgIpc) is 2.44. The fraction of sp³-hybridized carbons (Fsp3) is 0.636. The predicted molar refractivity (Wildman–Crippen MR) is 63.3 cm³/mol. The van der Waals surface area contributed by atoms with E-state index in [2.05, 4.69) is 15.5 Å². The molecule has 118 valence electrons. The van der Waals surface area contributed by atoms with Crippen molar-refractivity contribution in [2.75, 3.05) is 18.5 Å². The quantitative estimate of drug-likeness (QED) is 0.590. The van der Waals surface area contributed by atoms with Crippen molar-refractivity contribution < 1.29 is 33.2 Å². The molecule has 0 aliphatic carbocycles. The first kappa shape index (κ1) is 15.9. The normalized spacial score (nSPS) is 30.2. The Labute approximate surface area is 117 Å². The van der Waals surface area contributed by atoms with Crippen LogP contribution in [0.3, 0.4) is 0 Å². The largest absolute Gasteiger partial charge is 0.418 e. The number of anilines is 1. The van der Waals surface area contributed by atoms with Crippen LogP contribution in [-0.4, -0.2) is 63.1 Å². The molecule has 0 bridgehead atoms. The maximum atomic E-state index is 12.5. The van der Waals surface area contributed by atoms with E-state index >= 15 is 0 Å². The Bertz CT molecular complexity index is 488. The summed E-state index contributed by atoms with van der Waals surface area (Å²) in [7, 11) is 0. The van der Waals surface area contributed by atoms with Crippen molar-refractivity contribution >= 4 is 5.82 Å². The van der Waals surface area contributed by atoms with Gasteiger partial charge in [0.25, 0.3) is 0 Å². The predicted octanol–water partition coefficient (Wildman–Crippen LogP) is -0.611. The van der Waals surface area contributed by atoms with Crippen molar-refractivity contribution in [1.29, 1.82) is 0 Å². The lowest BCUT2D eigenvalue weighted by atomic mass is 9.98. The average molecular weight is 309 g/mol. The number of ether oxygens (including phenoxy) is 1. The number of nitrogens with one attached hydrogen (secondary N) is 1. The van der Waals surface area contributed by atoms with Crippen LogP contribution in [-0.2, 0) is 10.9 Å². The molecular formula is C11H14F3N3O4. The maximum Gasteiger partial charge on any atom is 0.418 e. The van der Waals surface area contributed by atoms with Crippen molar-refractivity contribution in [2.45, 2.75) is 30.5 Å². The Kier molecular flexibility index (Phi) is 4.61. The van der Waals surface area contributed by atoms with E-state index in [4.69, 9.17) is 9.84 Å². The number of rotatable bonds is 3. The molecule has 0 amide bonds. The number of alkyl halides is 3. The van der Waals surface area contributed by atoms with Gasteiger partial charge in [0.05, 0.1) is 31.0 Å². The molecule has 1 unspecified atom stereocenters. The van der Waals surface area contributed by atoms with Gasteiger partial charge in [-0.05, 0) is 6.07 Å². The SMILES string of the molecule is OC[C@H]1OCC(Nc2cc(C(F)(F)F)cnn2)[C@@H](O)[C@H]1O. The highest BCUT2D eigenvalue weighted by atomic mass is 19.4. The van der Waals surface area contributed by atoms with Gasteiger partial charge in [-0.15, -0.1) is 5.10 Å². The van der Waals surface area contributed by atoms with Gasteiger partial charge in [-0.2, -0.15) is 18.3 Å². The van der Waals surface area contributed by atoms with Crippen LogP contribution in [0.15, 0.2) is 12.3 Å². The van der Waals surface area contributed by atoms with E-state index in [1.165, 1.54) is 0 Å². The van der Waals surface area contributed by atoms with E-state index in [0.717, 1.165) is 6.07 Å². The number of aliphatic hydroxyl groups excluding tert-OH is 3. The van der Waals surface area contributed by atoms with Crippen molar-refractivity contribution in [2.24, 2.45) is 0 Å². The van der Waals surface area contributed by atoms with Crippen LogP contribution in [0, 0.1) is 0 Å². The molecule has 4 N–H and O–H groups in total. The highest BCUT2D eigenvalue weighted by Gasteiger charge is 2.38. The minimum atomic E-state index is -4.56. The standard InChI is InChI=1S/C11H14F3N3O4/c12-11(13,14)5-1-8(17-15-2-5)16-6-4-21-7(3-18)10(20)9(6)19/h1-2,6-7,9-10,18-20H,3-4H2,(H,16,17)/t6?,7-,9-,10+/m1/s1. The van der Waals surface area contributed by atoms with E-state index in [0.29, 0.717) is 6.20 Å². The van der Waals surface area contributed by atoms with Gasteiger partial charge in [0.15, 0.2) is 0 Å². The molecule has 1 aromatic heterocycles. The van der Waals surface area contributed by atoms with Crippen LogP contribution in [0.2, 0.25) is 0 Å². The Morgan fingerprint density at radius 2 is 2.05 bits per heavy atom. The monoisotopic (exact) mass is 309 g/mol. The molecule has 7 nitrogen and oxygen atoms in total. The Hall–Kier alpha value is -1.49. The number of hydrogen-bond acceptors (Lipinski definition) is 7. The second-order valence-corrected chi connectivity index (χ2v) is 4.61. The number of nitrogens with zero attached hydrogens (tertiary/aromatic N) is 2. The molecular weight excluding hydrogens is 295 g/mol. The summed E-state index contributed by atoms with van der Waals surface area (Å²) >= 11 is 0. The van der Waals surface area contributed by atoms with E-state index in [1.807, 2.05) is 0 Å². The molecule has 10 heteroatoms. The lowest BCUT2D eigenvalue weighted by molar-refractivity contribution is -0.152. The zero-order valence-electron chi connectivity index (χ0n) is 10.7. The lowest BCUT2D eigenvalue weighted by Gasteiger charge is -2.37. The minimum Gasteiger partial charge on any atom is -0.394 e. The first-order valence-corrected chi connectivity index (χ1v) is 6.08. The lowest BCUT2D eigenvalue weighted by Crippen LogP contribution is -2.56. The number of hydrogen-bond donors (Lipinski definition) is 4. The molecule has 1 fully saturated rings. The minimum absolute atomic E-state index is 0.110. The van der Waals surface area contributed by atoms with Crippen molar-refractivity contribution in [3.63, 3.8) is 0 Å². The van der Waals surface area contributed by atoms with Crippen LogP contribution in [0.4, 0.5) is 19.0 Å². The van der Waals surface area contributed by atoms with Gasteiger partial charge < -0.3 is 25.4 Å². The van der Waals surface area contributed by atoms with Crippen LogP contribution in [0.1, 0.15) is 5.56 Å². The first-order chi connectivity index (χ1) is 9.82. The second-order valence-electron chi connectivity index (χ2n) is 4.61. The highest BCUT2D eigenvalue weighted by molar-refractivity contribution is 5.38. The van der Waals surface area contributed by atoms with Crippen molar-refractivity contribution in [3.05, 3.63) is 17.8 Å². The third kappa shape index (κ3) is 3.59. The molecule has 0 saturated carbocycles. The van der Waals surface area contributed by atoms with Crippen LogP contribution in [0.25, 0.3) is 0 Å². The summed E-state index contributed by atoms with van der Waals surface area (Å²) in [5.74, 6) is -0.202. The van der Waals surface area contributed by atoms with Gasteiger partial charge >= 0.3 is 6.18 Å². The number of aliphatic hydroxyl groups is 3. The third-order valence-electron chi connectivity index (χ3n) is 3.13. The molecule has 1 aliphatic heterocycles. The Morgan fingerprint density at radius 3 is 2.67 bits per heavy atom. The molecule has 0 aromatic carbocycles. The van der Waals surface area contributed by atoms with Gasteiger partial charge in [0.1, 0.15) is 24.1 Å². The Morgan fingerprint density at radius 1 is 1.33 bits per heavy atom. The fourth-order valence-electron chi connectivity index (χ4n) is 1.95. The van der Waals surface area contributed by atoms with Gasteiger partial charge in [0, 0.05) is 0 Å². The van der Waals surface area contributed by atoms with Gasteiger partial charge in [-0.25, -0.2) is 0 Å². The van der Waals surface area contributed by atoms with Crippen LogP contribution >= 0.6 is 0 Å². The zero-order chi connectivity index (χ0) is 15.6. The van der Waals surface area contributed by atoms with Crippen LogP contribution < -0.4 is 5.32 Å². The molecule has 0 radical (unpaired) electrons.